The summed E-state index contributed by atoms with van der Waals surface area (Å²) in [5, 5.41) is 0. The van der Waals surface area contributed by atoms with E-state index in [1.54, 1.807) is 6.07 Å². The lowest BCUT2D eigenvalue weighted by atomic mass is 9.83. The third-order valence-corrected chi connectivity index (χ3v) is 5.85. The monoisotopic (exact) mass is 360 g/mol. The first kappa shape index (κ1) is 16.7. The van der Waals surface area contributed by atoms with Crippen LogP contribution in [0, 0.1) is 5.82 Å². The normalized spacial score (nSPS) is 23.3. The molecule has 1 saturated heterocycles. The highest BCUT2D eigenvalue weighted by Crippen LogP contribution is 2.52. The van der Waals surface area contributed by atoms with E-state index < -0.39 is 11.4 Å². The van der Waals surface area contributed by atoms with Gasteiger partial charge in [-0.1, -0.05) is 72.8 Å². The Kier molecular flexibility index (Phi) is 3.88. The topological polar surface area (TPSA) is 18.5 Å². The molecule has 1 fully saturated rings. The van der Waals surface area contributed by atoms with E-state index in [0.29, 0.717) is 12.0 Å². The zero-order valence-electron chi connectivity index (χ0n) is 15.0. The van der Waals surface area contributed by atoms with E-state index in [-0.39, 0.29) is 12.4 Å². The summed E-state index contributed by atoms with van der Waals surface area (Å²) in [4.78, 5) is 0. The average molecular weight is 360 g/mol. The van der Waals surface area contributed by atoms with Gasteiger partial charge >= 0.3 is 0 Å². The number of hydrogen-bond donors (Lipinski definition) is 0. The summed E-state index contributed by atoms with van der Waals surface area (Å²) in [6.45, 7) is 0.252. The van der Waals surface area contributed by atoms with E-state index in [4.69, 9.17) is 9.47 Å². The van der Waals surface area contributed by atoms with E-state index >= 15 is 0 Å². The van der Waals surface area contributed by atoms with Gasteiger partial charge in [0.25, 0.3) is 0 Å². The number of benzene rings is 3. The third kappa shape index (κ3) is 2.70. The fourth-order valence-corrected chi connectivity index (χ4v) is 4.48. The van der Waals surface area contributed by atoms with Crippen molar-refractivity contribution in [2.75, 3.05) is 0 Å². The van der Waals surface area contributed by atoms with Crippen molar-refractivity contribution in [2.45, 2.75) is 37.3 Å². The molecule has 136 valence electrons. The van der Waals surface area contributed by atoms with Crippen LogP contribution in [0.4, 0.5) is 4.39 Å². The van der Waals surface area contributed by atoms with Gasteiger partial charge in [0.15, 0.2) is 5.79 Å². The maximum Gasteiger partial charge on any atom is 0.174 e. The summed E-state index contributed by atoms with van der Waals surface area (Å²) in [5.41, 5.74) is 3.35. The largest absolute Gasteiger partial charge is 0.345 e. The predicted octanol–water partition coefficient (Wildman–Crippen LogP) is 5.35. The van der Waals surface area contributed by atoms with Crippen molar-refractivity contribution in [3.63, 3.8) is 0 Å². The van der Waals surface area contributed by atoms with Crippen LogP contribution in [-0.2, 0) is 28.1 Å². The van der Waals surface area contributed by atoms with Crippen molar-refractivity contribution < 1.29 is 13.9 Å². The second-order valence-electron chi connectivity index (χ2n) is 7.41. The van der Waals surface area contributed by atoms with Gasteiger partial charge in [-0.15, -0.1) is 0 Å². The number of fused-ring (bicyclic) bond motifs is 1. The lowest BCUT2D eigenvalue weighted by Gasteiger charge is -2.38. The van der Waals surface area contributed by atoms with E-state index in [9.17, 15) is 4.39 Å². The molecule has 2 heterocycles. The Labute approximate surface area is 158 Å². The first-order valence-corrected chi connectivity index (χ1v) is 9.42. The second kappa shape index (κ2) is 6.29. The highest BCUT2D eigenvalue weighted by molar-refractivity contribution is 5.39. The van der Waals surface area contributed by atoms with Crippen LogP contribution in [0.2, 0.25) is 0 Å². The number of ether oxygens (including phenoxy) is 2. The van der Waals surface area contributed by atoms with E-state index in [1.807, 2.05) is 42.5 Å². The van der Waals surface area contributed by atoms with Crippen LogP contribution < -0.4 is 0 Å². The zero-order valence-corrected chi connectivity index (χ0v) is 15.0. The summed E-state index contributed by atoms with van der Waals surface area (Å²) in [7, 11) is 0. The molecule has 2 aliphatic rings. The molecule has 3 aromatic carbocycles. The smallest absolute Gasteiger partial charge is 0.174 e. The standard InChI is InChI=1S/C24H21FO2/c25-22-13-7-8-18-16-23(26-17-21(18)22)14-15-24(27-23,19-9-3-1-4-10-19)20-11-5-2-6-12-20/h1-13H,14-17H2/t23-/m1/s1. The Bertz CT molecular complexity index is 915. The second-order valence-corrected chi connectivity index (χ2v) is 7.41. The first-order chi connectivity index (χ1) is 13.2. The summed E-state index contributed by atoms with van der Waals surface area (Å²) in [6, 6.07) is 25.9. The molecule has 0 aromatic heterocycles. The van der Waals surface area contributed by atoms with Crippen LogP contribution in [0.1, 0.15) is 35.1 Å². The molecule has 0 amide bonds. The SMILES string of the molecule is Fc1cccc2c1CO[C@@]1(CCC(c3ccccc3)(c3ccccc3)O1)C2. The minimum absolute atomic E-state index is 0.197. The predicted molar refractivity (Wildman–Crippen MR) is 102 cm³/mol. The molecule has 0 N–H and O–H groups in total. The molecule has 3 aromatic rings. The van der Waals surface area contributed by atoms with Gasteiger partial charge in [0, 0.05) is 18.4 Å². The van der Waals surface area contributed by atoms with Crippen molar-refractivity contribution in [1.29, 1.82) is 0 Å². The fraction of sp³-hybridized carbons (Fsp3) is 0.250. The molecular weight excluding hydrogens is 339 g/mol. The summed E-state index contributed by atoms with van der Waals surface area (Å²) in [6.07, 6.45) is 2.17. The number of halogens is 1. The minimum Gasteiger partial charge on any atom is -0.345 e. The van der Waals surface area contributed by atoms with E-state index in [0.717, 1.165) is 29.5 Å². The molecule has 0 aliphatic carbocycles. The number of hydrogen-bond acceptors (Lipinski definition) is 2. The Morgan fingerprint density at radius 2 is 1.41 bits per heavy atom. The lowest BCUT2D eigenvalue weighted by molar-refractivity contribution is -0.257. The van der Waals surface area contributed by atoms with Gasteiger partial charge in [0.05, 0.1) is 6.61 Å². The summed E-state index contributed by atoms with van der Waals surface area (Å²) in [5.74, 6) is -0.912. The van der Waals surface area contributed by atoms with Crippen LogP contribution in [0.3, 0.4) is 0 Å². The van der Waals surface area contributed by atoms with Crippen molar-refractivity contribution in [3.8, 4) is 0 Å². The zero-order chi connectivity index (χ0) is 18.3. The molecule has 1 spiro atoms. The Morgan fingerprint density at radius 3 is 2.07 bits per heavy atom. The molecule has 3 heteroatoms. The van der Waals surface area contributed by atoms with Crippen molar-refractivity contribution in [1.82, 2.24) is 0 Å². The molecule has 0 saturated carbocycles. The average Bonchev–Trinajstić information content (AvgIpc) is 3.09. The maximum atomic E-state index is 14.1. The summed E-state index contributed by atoms with van der Waals surface area (Å²) >= 11 is 0. The van der Waals surface area contributed by atoms with Crippen LogP contribution in [0.25, 0.3) is 0 Å². The molecule has 2 nitrogen and oxygen atoms in total. The van der Waals surface area contributed by atoms with Crippen LogP contribution >= 0.6 is 0 Å². The first-order valence-electron chi connectivity index (χ1n) is 9.42. The van der Waals surface area contributed by atoms with Gasteiger partial charge in [-0.05, 0) is 29.2 Å². The van der Waals surface area contributed by atoms with Gasteiger partial charge in [-0.2, -0.15) is 0 Å². The molecule has 27 heavy (non-hydrogen) atoms. The molecule has 0 unspecified atom stereocenters. The van der Waals surface area contributed by atoms with Crippen molar-refractivity contribution in [2.24, 2.45) is 0 Å². The Hall–Kier alpha value is -2.49. The minimum atomic E-state index is -0.716. The molecular formula is C24H21FO2. The van der Waals surface area contributed by atoms with Crippen LogP contribution in [-0.4, -0.2) is 5.79 Å². The van der Waals surface area contributed by atoms with Gasteiger partial charge in [-0.25, -0.2) is 4.39 Å². The van der Waals surface area contributed by atoms with Gasteiger partial charge in [-0.3, -0.25) is 0 Å². The highest BCUT2D eigenvalue weighted by atomic mass is 19.1. The van der Waals surface area contributed by atoms with Crippen LogP contribution in [0.5, 0.6) is 0 Å². The Morgan fingerprint density at radius 1 is 0.741 bits per heavy atom. The van der Waals surface area contributed by atoms with Gasteiger partial charge < -0.3 is 9.47 Å². The molecule has 1 atom stereocenters. The van der Waals surface area contributed by atoms with Crippen LogP contribution in [0.15, 0.2) is 78.9 Å². The quantitative estimate of drug-likeness (QED) is 0.613. The van der Waals surface area contributed by atoms with Gasteiger partial charge in [0.1, 0.15) is 11.4 Å². The number of rotatable bonds is 2. The highest BCUT2D eigenvalue weighted by Gasteiger charge is 2.53. The van der Waals surface area contributed by atoms with Crippen molar-refractivity contribution in [3.05, 3.63) is 107 Å². The molecule has 0 bridgehead atoms. The van der Waals surface area contributed by atoms with Crippen molar-refractivity contribution >= 4 is 0 Å². The molecule has 0 radical (unpaired) electrons. The van der Waals surface area contributed by atoms with Gasteiger partial charge in [0.2, 0.25) is 0 Å². The lowest BCUT2D eigenvalue weighted by Crippen LogP contribution is -2.41. The fourth-order valence-electron chi connectivity index (χ4n) is 4.48. The molecule has 5 rings (SSSR count). The Balaban J connectivity index is 1.57. The van der Waals surface area contributed by atoms with E-state index in [2.05, 4.69) is 24.3 Å². The summed E-state index contributed by atoms with van der Waals surface area (Å²) < 4.78 is 27.1. The third-order valence-electron chi connectivity index (χ3n) is 5.85. The van der Waals surface area contributed by atoms with E-state index in [1.165, 1.54) is 6.07 Å². The maximum absolute atomic E-state index is 14.1. The molecule has 2 aliphatic heterocycles.